The van der Waals surface area contributed by atoms with Crippen molar-refractivity contribution in [2.24, 2.45) is 0 Å². The van der Waals surface area contributed by atoms with Crippen molar-refractivity contribution in [3.8, 4) is 23.3 Å². The van der Waals surface area contributed by atoms with Crippen molar-refractivity contribution in [2.75, 3.05) is 12.4 Å². The molecule has 1 heterocycles. The quantitative estimate of drug-likeness (QED) is 0.354. The van der Waals surface area contributed by atoms with E-state index in [0.717, 1.165) is 5.56 Å². The zero-order valence-corrected chi connectivity index (χ0v) is 16.0. The van der Waals surface area contributed by atoms with E-state index in [2.05, 4.69) is 22.0 Å². The molecule has 0 N–H and O–H groups in total. The number of benzene rings is 2. The van der Waals surface area contributed by atoms with Crippen LogP contribution in [0.2, 0.25) is 5.02 Å². The van der Waals surface area contributed by atoms with E-state index in [1.165, 1.54) is 17.3 Å². The van der Waals surface area contributed by atoms with Gasteiger partial charge in [0.15, 0.2) is 6.61 Å². The lowest BCUT2D eigenvalue weighted by molar-refractivity contribution is 0.0556. The molecular formula is C20H15ClN2O3S. The lowest BCUT2D eigenvalue weighted by Crippen LogP contribution is -2.04. The molecule has 0 saturated carbocycles. The molecular weight excluding hydrogens is 384 g/mol. The van der Waals surface area contributed by atoms with E-state index >= 15 is 0 Å². The van der Waals surface area contributed by atoms with Crippen molar-refractivity contribution < 1.29 is 13.9 Å². The minimum Gasteiger partial charge on any atom is -0.449 e. The zero-order chi connectivity index (χ0) is 19.1. The Labute approximate surface area is 166 Å². The summed E-state index contributed by atoms with van der Waals surface area (Å²) >= 11 is 7.10. The molecule has 0 bridgehead atoms. The third-order valence-electron chi connectivity index (χ3n) is 3.45. The maximum atomic E-state index is 11.8. The molecule has 0 unspecified atom stereocenters. The Morgan fingerprint density at radius 3 is 2.59 bits per heavy atom. The van der Waals surface area contributed by atoms with Gasteiger partial charge < -0.3 is 9.15 Å². The second kappa shape index (κ2) is 9.26. The van der Waals surface area contributed by atoms with Gasteiger partial charge in [0.2, 0.25) is 5.89 Å². The first-order valence-electron chi connectivity index (χ1n) is 8.03. The molecule has 5 nitrogen and oxygen atoms in total. The number of halogens is 1. The number of rotatable bonds is 5. The Morgan fingerprint density at radius 2 is 1.85 bits per heavy atom. The molecule has 0 radical (unpaired) electrons. The van der Waals surface area contributed by atoms with Gasteiger partial charge in [-0.05, 0) is 43.3 Å². The largest absolute Gasteiger partial charge is 0.449 e. The van der Waals surface area contributed by atoms with E-state index in [1.54, 1.807) is 24.3 Å². The molecule has 3 aromatic rings. The number of thioether (sulfide) groups is 1. The van der Waals surface area contributed by atoms with Gasteiger partial charge in [0.1, 0.15) is 0 Å². The molecule has 27 heavy (non-hydrogen) atoms. The average Bonchev–Trinajstić information content (AvgIpc) is 3.14. The van der Waals surface area contributed by atoms with Gasteiger partial charge in [0, 0.05) is 10.6 Å². The lowest BCUT2D eigenvalue weighted by Gasteiger charge is -2.00. The number of esters is 1. The first-order valence-corrected chi connectivity index (χ1v) is 9.40. The highest BCUT2D eigenvalue weighted by molar-refractivity contribution is 7.99. The number of hydrogen-bond donors (Lipinski definition) is 0. The van der Waals surface area contributed by atoms with Crippen LogP contribution in [0.4, 0.5) is 0 Å². The predicted molar refractivity (Wildman–Crippen MR) is 105 cm³/mol. The minimum absolute atomic E-state index is 0.0144. The summed E-state index contributed by atoms with van der Waals surface area (Å²) in [4.78, 5) is 11.8. The Balaban J connectivity index is 1.43. The Hall–Kier alpha value is -2.75. The van der Waals surface area contributed by atoms with E-state index in [0.29, 0.717) is 27.5 Å². The van der Waals surface area contributed by atoms with Crippen molar-refractivity contribution in [3.63, 3.8) is 0 Å². The van der Waals surface area contributed by atoms with Gasteiger partial charge in [-0.1, -0.05) is 52.9 Å². The summed E-state index contributed by atoms with van der Waals surface area (Å²) in [7, 11) is 0. The molecule has 0 saturated heterocycles. The molecule has 1 aromatic heterocycles. The van der Waals surface area contributed by atoms with Gasteiger partial charge in [0.05, 0.1) is 11.3 Å². The first kappa shape index (κ1) is 19.0. The molecule has 0 aliphatic rings. The second-order valence-corrected chi connectivity index (χ2v) is 6.83. The molecule has 2 aromatic carbocycles. The highest BCUT2D eigenvalue weighted by Gasteiger charge is 2.08. The van der Waals surface area contributed by atoms with Crippen LogP contribution in [-0.2, 0) is 4.74 Å². The van der Waals surface area contributed by atoms with Gasteiger partial charge in [-0.25, -0.2) is 4.79 Å². The van der Waals surface area contributed by atoms with Gasteiger partial charge in [0.25, 0.3) is 5.22 Å². The Bertz CT molecular complexity index is 973. The van der Waals surface area contributed by atoms with Gasteiger partial charge in [-0.3, -0.25) is 0 Å². The van der Waals surface area contributed by atoms with E-state index in [4.69, 9.17) is 20.8 Å². The summed E-state index contributed by atoms with van der Waals surface area (Å²) in [6.45, 7) is 2.03. The van der Waals surface area contributed by atoms with Crippen LogP contribution >= 0.6 is 23.4 Å². The molecule has 0 spiro atoms. The maximum absolute atomic E-state index is 11.8. The van der Waals surface area contributed by atoms with Crippen molar-refractivity contribution in [1.82, 2.24) is 10.2 Å². The zero-order valence-electron chi connectivity index (χ0n) is 14.4. The third kappa shape index (κ3) is 5.61. The fourth-order valence-corrected chi connectivity index (χ4v) is 2.71. The predicted octanol–water partition coefficient (Wildman–Crippen LogP) is 4.65. The smallest absolute Gasteiger partial charge is 0.339 e. The SMILES string of the molecule is Cc1ccc(-c2nnc(SCC#CCOC(=O)c3ccc(Cl)cc3)o2)cc1. The van der Waals surface area contributed by atoms with Gasteiger partial charge in [-0.2, -0.15) is 0 Å². The summed E-state index contributed by atoms with van der Waals surface area (Å²) in [5, 5.41) is 9.03. The standard InChI is InChI=1S/C20H15ClN2O3S/c1-14-4-6-15(7-5-14)18-22-23-20(26-18)27-13-3-2-12-25-19(24)16-8-10-17(21)11-9-16/h4-11H,12-13H2,1H3. The Kier molecular flexibility index (Phi) is 6.53. The number of carbonyl (C=O) groups is 1. The van der Waals surface area contributed by atoms with E-state index < -0.39 is 5.97 Å². The normalized spacial score (nSPS) is 10.1. The molecule has 0 aliphatic heterocycles. The first-order chi connectivity index (χ1) is 13.1. The lowest BCUT2D eigenvalue weighted by atomic mass is 10.1. The van der Waals surface area contributed by atoms with Crippen molar-refractivity contribution in [3.05, 3.63) is 64.7 Å². The van der Waals surface area contributed by atoms with E-state index in [-0.39, 0.29) is 6.61 Å². The monoisotopic (exact) mass is 398 g/mol. The maximum Gasteiger partial charge on any atom is 0.339 e. The number of ether oxygens (including phenoxy) is 1. The molecule has 136 valence electrons. The van der Waals surface area contributed by atoms with Crippen molar-refractivity contribution in [1.29, 1.82) is 0 Å². The summed E-state index contributed by atoms with van der Waals surface area (Å²) < 4.78 is 10.7. The number of carbonyl (C=O) groups excluding carboxylic acids is 1. The summed E-state index contributed by atoms with van der Waals surface area (Å²) in [6, 6.07) is 14.3. The van der Waals surface area contributed by atoms with Crippen LogP contribution in [0.3, 0.4) is 0 Å². The highest BCUT2D eigenvalue weighted by atomic mass is 35.5. The van der Waals surface area contributed by atoms with Gasteiger partial charge in [-0.15, -0.1) is 10.2 Å². The van der Waals surface area contributed by atoms with Crippen molar-refractivity contribution in [2.45, 2.75) is 12.1 Å². The number of aromatic nitrogens is 2. The molecule has 0 atom stereocenters. The number of nitrogens with zero attached hydrogens (tertiary/aromatic N) is 2. The van der Waals surface area contributed by atoms with Crippen LogP contribution < -0.4 is 0 Å². The van der Waals surface area contributed by atoms with E-state index in [1.807, 2.05) is 31.2 Å². The highest BCUT2D eigenvalue weighted by Crippen LogP contribution is 2.23. The van der Waals surface area contributed by atoms with Crippen LogP contribution in [0, 0.1) is 18.8 Å². The number of hydrogen-bond acceptors (Lipinski definition) is 6. The number of aryl methyl sites for hydroxylation is 1. The van der Waals surface area contributed by atoms with Crippen LogP contribution in [0.15, 0.2) is 58.2 Å². The molecule has 0 fully saturated rings. The third-order valence-corrected chi connectivity index (χ3v) is 4.41. The molecule has 3 rings (SSSR count). The summed E-state index contributed by atoms with van der Waals surface area (Å²) in [5.74, 6) is 6.17. The van der Waals surface area contributed by atoms with Gasteiger partial charge >= 0.3 is 5.97 Å². The van der Waals surface area contributed by atoms with Crippen LogP contribution in [0.1, 0.15) is 15.9 Å². The van der Waals surface area contributed by atoms with E-state index in [9.17, 15) is 4.79 Å². The average molecular weight is 399 g/mol. The van der Waals surface area contributed by atoms with Crippen LogP contribution in [0.5, 0.6) is 0 Å². The minimum atomic E-state index is -0.437. The van der Waals surface area contributed by atoms with Crippen LogP contribution in [-0.4, -0.2) is 28.5 Å². The molecule has 0 aliphatic carbocycles. The van der Waals surface area contributed by atoms with Crippen molar-refractivity contribution >= 4 is 29.3 Å². The van der Waals surface area contributed by atoms with Crippen LogP contribution in [0.25, 0.3) is 11.5 Å². The fraction of sp³-hybridized carbons (Fsp3) is 0.150. The summed E-state index contributed by atoms with van der Waals surface area (Å²) in [6.07, 6.45) is 0. The fourth-order valence-electron chi connectivity index (χ4n) is 2.05. The summed E-state index contributed by atoms with van der Waals surface area (Å²) in [5.41, 5.74) is 2.48. The second-order valence-electron chi connectivity index (χ2n) is 5.46. The molecule has 0 amide bonds. The molecule has 7 heteroatoms. The topological polar surface area (TPSA) is 65.2 Å². The Morgan fingerprint density at radius 1 is 1.11 bits per heavy atom.